The van der Waals surface area contributed by atoms with Crippen LogP contribution in [0.2, 0.25) is 0 Å². The van der Waals surface area contributed by atoms with Gasteiger partial charge in [-0.3, -0.25) is 0 Å². The molecule has 1 heterocycles. The molecule has 0 fully saturated rings. The predicted molar refractivity (Wildman–Crippen MR) is 85.6 cm³/mol. The van der Waals surface area contributed by atoms with Crippen molar-refractivity contribution in [1.82, 2.24) is 9.97 Å². The Labute approximate surface area is 184 Å². The maximum Gasteiger partial charge on any atom is 0.437 e. The SMILES string of the molecule is Fc1c(C(F)(C(F)(F)F)C(F)(F)F)nc(NCc2ccccc2)nc1C(F)(C(F)(F)F)C(F)(F)F. The molecular weight excluding hydrogens is 531 g/mol. The molecule has 196 valence electrons. The zero-order valence-electron chi connectivity index (χ0n) is 16.2. The highest BCUT2D eigenvalue weighted by molar-refractivity contribution is 5.38. The fraction of sp³-hybridized carbons (Fsp3) is 0.412. The third kappa shape index (κ3) is 4.78. The van der Waals surface area contributed by atoms with E-state index in [1.165, 1.54) is 30.3 Å². The molecule has 1 aromatic carbocycles. The standard InChI is InChI=1S/C17H8F15N3/c18-8-9(12(19,14(21,22)23)15(24,25)26)34-11(33-6-7-4-2-1-3-5-7)35-10(8)13(20,16(27,28)29)17(30,31)32/h1-5H,6H2,(H,33,34,35). The van der Waals surface area contributed by atoms with E-state index in [9.17, 15) is 65.9 Å². The van der Waals surface area contributed by atoms with Gasteiger partial charge in [-0.05, 0) is 5.56 Å². The van der Waals surface area contributed by atoms with Gasteiger partial charge in [-0.15, -0.1) is 0 Å². The van der Waals surface area contributed by atoms with Crippen LogP contribution in [-0.2, 0) is 17.9 Å². The fourth-order valence-electron chi connectivity index (χ4n) is 2.62. The lowest BCUT2D eigenvalue weighted by molar-refractivity contribution is -0.353. The number of hydrogen-bond acceptors (Lipinski definition) is 3. The number of aromatic nitrogens is 2. The predicted octanol–water partition coefficient (Wildman–Crippen LogP) is 6.81. The molecule has 1 N–H and O–H groups in total. The van der Waals surface area contributed by atoms with Crippen LogP contribution in [0, 0.1) is 5.82 Å². The quantitative estimate of drug-likeness (QED) is 0.425. The summed E-state index contributed by atoms with van der Waals surface area (Å²) in [4.78, 5) is 4.43. The zero-order chi connectivity index (χ0) is 27.3. The molecule has 0 amide bonds. The van der Waals surface area contributed by atoms with E-state index in [1.807, 2.05) is 0 Å². The van der Waals surface area contributed by atoms with Gasteiger partial charge >= 0.3 is 36.0 Å². The second-order valence-electron chi connectivity index (χ2n) is 6.71. The molecule has 0 saturated carbocycles. The number of halogens is 15. The van der Waals surface area contributed by atoms with Gasteiger partial charge in [0, 0.05) is 6.54 Å². The molecule has 18 heteroatoms. The van der Waals surface area contributed by atoms with E-state index in [2.05, 4.69) is 9.97 Å². The van der Waals surface area contributed by atoms with Gasteiger partial charge in [-0.1, -0.05) is 30.3 Å². The van der Waals surface area contributed by atoms with Gasteiger partial charge in [0.2, 0.25) is 5.95 Å². The first-order valence-corrected chi connectivity index (χ1v) is 8.60. The summed E-state index contributed by atoms with van der Waals surface area (Å²) in [6.07, 6.45) is -28.9. The Kier molecular flexibility index (Phi) is 6.96. The maximum absolute atomic E-state index is 14.5. The number of nitrogens with one attached hydrogen (secondary N) is 1. The van der Waals surface area contributed by atoms with Crippen LogP contribution in [0.3, 0.4) is 0 Å². The van der Waals surface area contributed by atoms with Gasteiger partial charge < -0.3 is 5.32 Å². The Morgan fingerprint density at radius 3 is 1.23 bits per heavy atom. The van der Waals surface area contributed by atoms with Crippen molar-refractivity contribution in [2.75, 3.05) is 5.32 Å². The van der Waals surface area contributed by atoms with Gasteiger partial charge in [0.1, 0.15) is 11.4 Å². The summed E-state index contributed by atoms with van der Waals surface area (Å²) in [5.41, 5.74) is -21.2. The van der Waals surface area contributed by atoms with Crippen LogP contribution in [0.5, 0.6) is 0 Å². The van der Waals surface area contributed by atoms with Crippen molar-refractivity contribution in [2.24, 2.45) is 0 Å². The summed E-state index contributed by atoms with van der Waals surface area (Å²) >= 11 is 0. The van der Waals surface area contributed by atoms with E-state index in [4.69, 9.17) is 0 Å². The van der Waals surface area contributed by atoms with Crippen molar-refractivity contribution in [2.45, 2.75) is 42.6 Å². The van der Waals surface area contributed by atoms with E-state index >= 15 is 0 Å². The van der Waals surface area contributed by atoms with Crippen molar-refractivity contribution in [3.63, 3.8) is 0 Å². The lowest BCUT2D eigenvalue weighted by atomic mass is 9.93. The molecule has 0 unspecified atom stereocenters. The van der Waals surface area contributed by atoms with E-state index in [1.54, 1.807) is 5.32 Å². The molecule has 0 saturated heterocycles. The molecule has 2 aromatic rings. The van der Waals surface area contributed by atoms with Crippen LogP contribution in [-0.4, -0.2) is 34.7 Å². The summed E-state index contributed by atoms with van der Waals surface area (Å²) < 4.78 is 200. The van der Waals surface area contributed by atoms with E-state index in [-0.39, 0.29) is 5.56 Å². The van der Waals surface area contributed by atoms with E-state index < -0.39 is 65.7 Å². The number of benzene rings is 1. The van der Waals surface area contributed by atoms with Crippen LogP contribution in [0.15, 0.2) is 30.3 Å². The van der Waals surface area contributed by atoms with Crippen molar-refractivity contribution >= 4 is 5.95 Å². The van der Waals surface area contributed by atoms with Crippen molar-refractivity contribution < 1.29 is 65.9 Å². The van der Waals surface area contributed by atoms with Gasteiger partial charge in [-0.2, -0.15) is 52.7 Å². The molecule has 0 aliphatic rings. The van der Waals surface area contributed by atoms with Gasteiger partial charge in [0.15, 0.2) is 5.82 Å². The van der Waals surface area contributed by atoms with Gasteiger partial charge in [0.05, 0.1) is 0 Å². The van der Waals surface area contributed by atoms with E-state index in [0.717, 1.165) is 0 Å². The topological polar surface area (TPSA) is 37.8 Å². The third-order valence-corrected chi connectivity index (χ3v) is 4.36. The number of hydrogen-bond donors (Lipinski definition) is 1. The first kappa shape index (κ1) is 28.3. The summed E-state index contributed by atoms with van der Waals surface area (Å²) in [7, 11) is 0. The van der Waals surface area contributed by atoms with Crippen molar-refractivity contribution in [1.29, 1.82) is 0 Å². The number of nitrogens with zero attached hydrogens (tertiary/aromatic N) is 2. The summed E-state index contributed by atoms with van der Waals surface area (Å²) in [5.74, 6) is -5.89. The van der Waals surface area contributed by atoms with Gasteiger partial charge in [0.25, 0.3) is 0 Å². The second kappa shape index (κ2) is 8.61. The molecule has 1 aromatic heterocycles. The summed E-state index contributed by atoms with van der Waals surface area (Å²) in [5, 5.41) is 1.63. The molecule has 3 nitrogen and oxygen atoms in total. The van der Waals surface area contributed by atoms with E-state index in [0.29, 0.717) is 0 Å². The Morgan fingerprint density at radius 1 is 0.571 bits per heavy atom. The highest BCUT2D eigenvalue weighted by Crippen LogP contribution is 2.57. The zero-order valence-corrected chi connectivity index (χ0v) is 16.2. The highest BCUT2D eigenvalue weighted by Gasteiger charge is 2.79. The molecule has 0 bridgehead atoms. The molecule has 35 heavy (non-hydrogen) atoms. The number of alkyl halides is 14. The fourth-order valence-corrected chi connectivity index (χ4v) is 2.62. The Balaban J connectivity index is 2.94. The number of anilines is 1. The smallest absolute Gasteiger partial charge is 0.350 e. The van der Waals surface area contributed by atoms with Gasteiger partial charge in [-0.25, -0.2) is 23.1 Å². The Hall–Kier alpha value is -2.95. The normalized spacial score (nSPS) is 14.3. The highest BCUT2D eigenvalue weighted by atomic mass is 19.4. The number of rotatable bonds is 5. The largest absolute Gasteiger partial charge is 0.437 e. The third-order valence-electron chi connectivity index (χ3n) is 4.36. The minimum atomic E-state index is -7.22. The molecule has 2 rings (SSSR count). The monoisotopic (exact) mass is 539 g/mol. The summed E-state index contributed by atoms with van der Waals surface area (Å²) in [6.45, 7) is -0.792. The van der Waals surface area contributed by atoms with Crippen molar-refractivity contribution in [3.05, 3.63) is 53.1 Å². The molecule has 0 aliphatic carbocycles. The van der Waals surface area contributed by atoms with Crippen molar-refractivity contribution in [3.8, 4) is 0 Å². The molecular formula is C17H8F15N3. The summed E-state index contributed by atoms with van der Waals surface area (Å²) in [6, 6.07) is 6.42. The lowest BCUT2D eigenvalue weighted by Gasteiger charge is -2.33. The second-order valence-corrected chi connectivity index (χ2v) is 6.71. The minimum Gasteiger partial charge on any atom is -0.350 e. The Morgan fingerprint density at radius 2 is 0.914 bits per heavy atom. The molecule has 0 atom stereocenters. The lowest BCUT2D eigenvalue weighted by Crippen LogP contribution is -2.54. The first-order chi connectivity index (χ1) is 15.6. The van der Waals surface area contributed by atoms with Crippen LogP contribution in [0.25, 0.3) is 0 Å². The van der Waals surface area contributed by atoms with Crippen LogP contribution in [0.4, 0.5) is 71.8 Å². The van der Waals surface area contributed by atoms with Crippen LogP contribution < -0.4 is 5.32 Å². The maximum atomic E-state index is 14.5. The molecule has 0 aliphatic heterocycles. The van der Waals surface area contributed by atoms with Crippen LogP contribution in [0.1, 0.15) is 17.0 Å². The average molecular weight is 539 g/mol. The van der Waals surface area contributed by atoms with Crippen LogP contribution >= 0.6 is 0 Å². The minimum absolute atomic E-state index is 0.0554. The first-order valence-electron chi connectivity index (χ1n) is 8.60. The Bertz CT molecular complexity index is 951. The molecule has 0 radical (unpaired) electrons. The average Bonchev–Trinajstić information content (AvgIpc) is 2.69. The molecule has 0 spiro atoms.